The number of rotatable bonds is 1. The summed E-state index contributed by atoms with van der Waals surface area (Å²) in [5.74, 6) is 0. The molecule has 3 rings (SSSR count). The zero-order valence-electron chi connectivity index (χ0n) is 9.29. The molecule has 1 spiro atoms. The van der Waals surface area contributed by atoms with Crippen LogP contribution < -0.4 is 10.6 Å². The van der Waals surface area contributed by atoms with Crippen LogP contribution in [0.25, 0.3) is 0 Å². The molecule has 1 aromatic carbocycles. The van der Waals surface area contributed by atoms with Gasteiger partial charge in [-0.25, -0.2) is 0 Å². The van der Waals surface area contributed by atoms with Crippen molar-refractivity contribution in [3.8, 4) is 0 Å². The van der Waals surface area contributed by atoms with Gasteiger partial charge in [0, 0.05) is 29.9 Å². The Bertz CT molecular complexity index is 386. The van der Waals surface area contributed by atoms with Gasteiger partial charge in [-0.1, -0.05) is 12.5 Å². The topological polar surface area (TPSA) is 29.3 Å². The van der Waals surface area contributed by atoms with Gasteiger partial charge in [0.1, 0.15) is 0 Å². The van der Waals surface area contributed by atoms with Crippen LogP contribution in [0.1, 0.15) is 24.8 Å². The summed E-state index contributed by atoms with van der Waals surface area (Å²) in [6, 6.07) is 6.22. The Morgan fingerprint density at radius 2 is 2.00 bits per heavy atom. The van der Waals surface area contributed by atoms with E-state index in [0.29, 0.717) is 5.41 Å². The third-order valence-corrected chi connectivity index (χ3v) is 4.04. The number of nitrogens with zero attached hydrogens (tertiary/aromatic N) is 1. The van der Waals surface area contributed by atoms with Gasteiger partial charge in [0.05, 0.1) is 0 Å². The highest BCUT2D eigenvalue weighted by molar-refractivity contribution is 5.62. The van der Waals surface area contributed by atoms with E-state index in [1.165, 1.54) is 43.6 Å². The van der Waals surface area contributed by atoms with E-state index < -0.39 is 0 Å². The molecule has 0 radical (unpaired) electrons. The van der Waals surface area contributed by atoms with Gasteiger partial charge in [0.2, 0.25) is 0 Å². The average molecular weight is 202 g/mol. The Morgan fingerprint density at radius 1 is 1.27 bits per heavy atom. The van der Waals surface area contributed by atoms with Crippen molar-refractivity contribution in [2.24, 2.45) is 5.41 Å². The zero-order valence-corrected chi connectivity index (χ0v) is 9.29. The molecule has 0 amide bonds. The molecule has 0 atom stereocenters. The van der Waals surface area contributed by atoms with Crippen molar-refractivity contribution < 1.29 is 0 Å². The zero-order chi connectivity index (χ0) is 10.5. The first-order chi connectivity index (χ1) is 7.19. The highest BCUT2D eigenvalue weighted by Gasteiger charge is 2.47. The molecule has 2 heteroatoms. The van der Waals surface area contributed by atoms with Crippen LogP contribution in [0.15, 0.2) is 18.2 Å². The third-order valence-electron chi connectivity index (χ3n) is 4.04. The van der Waals surface area contributed by atoms with Crippen LogP contribution in [-0.2, 0) is 0 Å². The summed E-state index contributed by atoms with van der Waals surface area (Å²) in [5.41, 5.74) is 10.1. The summed E-state index contributed by atoms with van der Waals surface area (Å²) in [5, 5.41) is 0. The number of anilines is 2. The molecular weight excluding hydrogens is 184 g/mol. The number of nitrogens with two attached hydrogens (primary N) is 1. The second-order valence-electron chi connectivity index (χ2n) is 5.26. The van der Waals surface area contributed by atoms with Gasteiger partial charge in [-0.2, -0.15) is 0 Å². The first kappa shape index (κ1) is 9.08. The molecule has 1 saturated carbocycles. The van der Waals surface area contributed by atoms with Gasteiger partial charge >= 0.3 is 0 Å². The molecule has 2 aliphatic rings. The number of nitrogen functional groups attached to an aromatic ring is 1. The highest BCUT2D eigenvalue weighted by atomic mass is 15.2. The van der Waals surface area contributed by atoms with Gasteiger partial charge < -0.3 is 10.6 Å². The van der Waals surface area contributed by atoms with Gasteiger partial charge in [-0.3, -0.25) is 0 Å². The molecule has 0 aromatic heterocycles. The second kappa shape index (κ2) is 2.91. The van der Waals surface area contributed by atoms with E-state index in [4.69, 9.17) is 5.73 Å². The summed E-state index contributed by atoms with van der Waals surface area (Å²) < 4.78 is 0. The van der Waals surface area contributed by atoms with Crippen molar-refractivity contribution in [1.29, 1.82) is 0 Å². The van der Waals surface area contributed by atoms with E-state index in [1.54, 1.807) is 0 Å². The maximum Gasteiger partial charge on any atom is 0.0416 e. The van der Waals surface area contributed by atoms with Gasteiger partial charge in [0.15, 0.2) is 0 Å². The van der Waals surface area contributed by atoms with Crippen molar-refractivity contribution in [2.45, 2.75) is 26.2 Å². The fourth-order valence-corrected chi connectivity index (χ4v) is 2.89. The summed E-state index contributed by atoms with van der Waals surface area (Å²) in [4.78, 5) is 2.48. The normalized spacial score (nSPS) is 22.3. The average Bonchev–Trinajstić information content (AvgIpc) is 2.06. The minimum atomic E-state index is 0.692. The number of benzene rings is 1. The summed E-state index contributed by atoms with van der Waals surface area (Å²) in [6.07, 6.45) is 4.31. The number of hydrogen-bond donors (Lipinski definition) is 1. The molecule has 80 valence electrons. The van der Waals surface area contributed by atoms with Crippen LogP contribution in [-0.4, -0.2) is 13.1 Å². The Hall–Kier alpha value is -1.18. The van der Waals surface area contributed by atoms with Gasteiger partial charge in [-0.15, -0.1) is 0 Å². The smallest absolute Gasteiger partial charge is 0.0416 e. The number of hydrogen-bond acceptors (Lipinski definition) is 2. The van der Waals surface area contributed by atoms with Crippen LogP contribution in [0.4, 0.5) is 11.4 Å². The maximum atomic E-state index is 5.83. The van der Waals surface area contributed by atoms with Crippen LogP contribution in [0, 0.1) is 12.3 Å². The van der Waals surface area contributed by atoms with E-state index in [1.807, 2.05) is 6.07 Å². The Kier molecular flexibility index (Phi) is 1.76. The quantitative estimate of drug-likeness (QED) is 0.709. The first-order valence-electron chi connectivity index (χ1n) is 5.80. The third kappa shape index (κ3) is 1.31. The first-order valence-corrected chi connectivity index (χ1v) is 5.80. The maximum absolute atomic E-state index is 5.83. The minimum Gasteiger partial charge on any atom is -0.399 e. The molecule has 1 aliphatic heterocycles. The van der Waals surface area contributed by atoms with E-state index >= 15 is 0 Å². The largest absolute Gasteiger partial charge is 0.399 e. The van der Waals surface area contributed by atoms with Crippen LogP contribution in [0.2, 0.25) is 0 Å². The van der Waals surface area contributed by atoms with Crippen molar-refractivity contribution >= 4 is 11.4 Å². The lowest BCUT2D eigenvalue weighted by Gasteiger charge is -2.57. The van der Waals surface area contributed by atoms with E-state index in [2.05, 4.69) is 24.0 Å². The van der Waals surface area contributed by atoms with Gasteiger partial charge in [0.25, 0.3) is 0 Å². The van der Waals surface area contributed by atoms with E-state index in [9.17, 15) is 0 Å². The van der Waals surface area contributed by atoms with Crippen LogP contribution >= 0.6 is 0 Å². The fraction of sp³-hybridized carbons (Fsp3) is 0.538. The molecule has 1 saturated heterocycles. The Morgan fingerprint density at radius 3 is 2.60 bits per heavy atom. The molecular formula is C13H18N2. The van der Waals surface area contributed by atoms with Crippen molar-refractivity contribution in [1.82, 2.24) is 0 Å². The second-order valence-corrected chi connectivity index (χ2v) is 5.26. The molecule has 1 aliphatic carbocycles. The van der Waals surface area contributed by atoms with Crippen LogP contribution in [0.5, 0.6) is 0 Å². The van der Waals surface area contributed by atoms with Crippen molar-refractivity contribution in [2.75, 3.05) is 23.7 Å². The summed E-state index contributed by atoms with van der Waals surface area (Å²) >= 11 is 0. The molecule has 0 unspecified atom stereocenters. The van der Waals surface area contributed by atoms with Crippen LogP contribution in [0.3, 0.4) is 0 Å². The molecule has 2 N–H and O–H groups in total. The predicted molar refractivity (Wildman–Crippen MR) is 64.1 cm³/mol. The minimum absolute atomic E-state index is 0.692. The molecule has 15 heavy (non-hydrogen) atoms. The fourth-order valence-electron chi connectivity index (χ4n) is 2.89. The summed E-state index contributed by atoms with van der Waals surface area (Å²) in [7, 11) is 0. The molecule has 1 heterocycles. The molecule has 0 bridgehead atoms. The van der Waals surface area contributed by atoms with Crippen molar-refractivity contribution in [3.05, 3.63) is 23.8 Å². The standard InChI is InChI=1S/C13H18N2/c1-10-3-4-11(14)7-12(10)15-8-13(9-15)5-2-6-13/h3-4,7H,2,5-6,8-9,14H2,1H3. The SMILES string of the molecule is Cc1ccc(N)cc1N1CC2(CCC2)C1. The highest BCUT2D eigenvalue weighted by Crippen LogP contribution is 2.49. The monoisotopic (exact) mass is 202 g/mol. The molecule has 2 fully saturated rings. The Labute approximate surface area is 91.1 Å². The number of aryl methyl sites for hydroxylation is 1. The van der Waals surface area contributed by atoms with Crippen molar-refractivity contribution in [3.63, 3.8) is 0 Å². The lowest BCUT2D eigenvalue weighted by atomic mass is 9.63. The summed E-state index contributed by atoms with van der Waals surface area (Å²) in [6.45, 7) is 4.66. The van der Waals surface area contributed by atoms with E-state index in [0.717, 1.165) is 5.69 Å². The lowest BCUT2D eigenvalue weighted by molar-refractivity contribution is 0.0903. The molecule has 1 aromatic rings. The Balaban J connectivity index is 1.80. The van der Waals surface area contributed by atoms with Gasteiger partial charge in [-0.05, 0) is 37.5 Å². The lowest BCUT2D eigenvalue weighted by Crippen LogP contribution is -2.60. The van der Waals surface area contributed by atoms with E-state index in [-0.39, 0.29) is 0 Å². The molecule has 2 nitrogen and oxygen atoms in total. The predicted octanol–water partition coefficient (Wildman–Crippen LogP) is 2.57.